The third-order valence-corrected chi connectivity index (χ3v) is 4.48. The van der Waals surface area contributed by atoms with E-state index in [1.165, 1.54) is 19.3 Å². The monoisotopic (exact) mass is 283 g/mol. The molecule has 5 heteroatoms. The molecule has 20 heavy (non-hydrogen) atoms. The average Bonchev–Trinajstić information content (AvgIpc) is 2.94. The van der Waals surface area contributed by atoms with Gasteiger partial charge in [0.25, 0.3) is 0 Å². The Kier molecular flexibility index (Phi) is 5.83. The number of carboxylic acids is 1. The molecule has 0 aromatic carbocycles. The molecular weight excluding hydrogens is 258 g/mol. The number of rotatable bonds is 6. The number of hydrogen-bond donors (Lipinski definition) is 2. The second kappa shape index (κ2) is 7.62. The molecule has 2 saturated carbocycles. The minimum absolute atomic E-state index is 0.123. The Morgan fingerprint density at radius 2 is 1.70 bits per heavy atom. The van der Waals surface area contributed by atoms with Gasteiger partial charge in [0.05, 0.1) is 24.5 Å². The molecule has 0 heterocycles. The van der Waals surface area contributed by atoms with Gasteiger partial charge in [-0.3, -0.25) is 9.59 Å². The van der Waals surface area contributed by atoms with Gasteiger partial charge >= 0.3 is 5.97 Å². The van der Waals surface area contributed by atoms with Gasteiger partial charge in [-0.05, 0) is 25.7 Å². The second-order valence-electron chi connectivity index (χ2n) is 5.90. The summed E-state index contributed by atoms with van der Waals surface area (Å²) < 4.78 is 5.74. The van der Waals surface area contributed by atoms with Gasteiger partial charge in [0, 0.05) is 6.54 Å². The van der Waals surface area contributed by atoms with Crippen LogP contribution in [-0.4, -0.2) is 36.2 Å². The summed E-state index contributed by atoms with van der Waals surface area (Å²) in [6.45, 7) is 1.01. The lowest BCUT2D eigenvalue weighted by atomic mass is 9.95. The van der Waals surface area contributed by atoms with Crippen LogP contribution in [-0.2, 0) is 14.3 Å². The molecule has 0 spiro atoms. The molecule has 0 aliphatic heterocycles. The molecule has 114 valence electrons. The van der Waals surface area contributed by atoms with Crippen molar-refractivity contribution in [3.8, 4) is 0 Å². The standard InChI is InChI=1S/C15H25NO4/c17-14(12-7-4-8-13(12)15(18)19)16-9-10-20-11-5-2-1-3-6-11/h11-13H,1-10H2,(H,16,17)(H,18,19). The molecule has 2 fully saturated rings. The Bertz CT molecular complexity index is 339. The van der Waals surface area contributed by atoms with Crippen molar-refractivity contribution in [3.63, 3.8) is 0 Å². The van der Waals surface area contributed by atoms with Crippen LogP contribution in [0.4, 0.5) is 0 Å². The van der Waals surface area contributed by atoms with E-state index in [0.717, 1.165) is 19.3 Å². The van der Waals surface area contributed by atoms with E-state index >= 15 is 0 Å². The van der Waals surface area contributed by atoms with Crippen molar-refractivity contribution in [2.75, 3.05) is 13.2 Å². The van der Waals surface area contributed by atoms with Crippen LogP contribution < -0.4 is 5.32 Å². The van der Waals surface area contributed by atoms with Crippen LogP contribution in [0.5, 0.6) is 0 Å². The minimum atomic E-state index is -0.846. The van der Waals surface area contributed by atoms with Crippen LogP contribution in [0.15, 0.2) is 0 Å². The summed E-state index contributed by atoms with van der Waals surface area (Å²) >= 11 is 0. The summed E-state index contributed by atoms with van der Waals surface area (Å²) in [5, 5.41) is 11.9. The van der Waals surface area contributed by atoms with Gasteiger partial charge in [0.1, 0.15) is 0 Å². The van der Waals surface area contributed by atoms with E-state index in [-0.39, 0.29) is 11.8 Å². The number of carboxylic acid groups (broad SMARTS) is 1. The maximum Gasteiger partial charge on any atom is 0.307 e. The van der Waals surface area contributed by atoms with Crippen LogP contribution >= 0.6 is 0 Å². The highest BCUT2D eigenvalue weighted by Crippen LogP contribution is 2.31. The van der Waals surface area contributed by atoms with Crippen LogP contribution in [0.2, 0.25) is 0 Å². The van der Waals surface area contributed by atoms with Gasteiger partial charge in [0.15, 0.2) is 0 Å². The van der Waals surface area contributed by atoms with E-state index < -0.39 is 11.9 Å². The molecule has 0 bridgehead atoms. The SMILES string of the molecule is O=C(O)C1CCCC1C(=O)NCCOC1CCCCC1. The van der Waals surface area contributed by atoms with E-state index in [0.29, 0.717) is 32.1 Å². The normalized spacial score (nSPS) is 27.4. The zero-order chi connectivity index (χ0) is 14.4. The summed E-state index contributed by atoms with van der Waals surface area (Å²) in [6.07, 6.45) is 8.49. The average molecular weight is 283 g/mol. The molecule has 2 aliphatic carbocycles. The Morgan fingerprint density at radius 3 is 2.40 bits per heavy atom. The van der Waals surface area contributed by atoms with E-state index in [4.69, 9.17) is 9.84 Å². The molecule has 0 aromatic rings. The molecule has 0 aromatic heterocycles. The first kappa shape index (κ1) is 15.3. The molecule has 5 nitrogen and oxygen atoms in total. The summed E-state index contributed by atoms with van der Waals surface area (Å²) in [6, 6.07) is 0. The van der Waals surface area contributed by atoms with Gasteiger partial charge in [-0.15, -0.1) is 0 Å². The number of aliphatic carboxylic acids is 1. The van der Waals surface area contributed by atoms with Gasteiger partial charge in [-0.2, -0.15) is 0 Å². The highest BCUT2D eigenvalue weighted by atomic mass is 16.5. The first-order valence-electron chi connectivity index (χ1n) is 7.80. The molecular formula is C15H25NO4. The van der Waals surface area contributed by atoms with Crippen LogP contribution in [0.3, 0.4) is 0 Å². The number of amides is 1. The van der Waals surface area contributed by atoms with Crippen molar-refractivity contribution in [2.45, 2.75) is 57.5 Å². The molecule has 2 aliphatic rings. The minimum Gasteiger partial charge on any atom is -0.481 e. The highest BCUT2D eigenvalue weighted by Gasteiger charge is 2.37. The van der Waals surface area contributed by atoms with Gasteiger partial charge in [-0.25, -0.2) is 0 Å². The lowest BCUT2D eigenvalue weighted by Crippen LogP contribution is -2.37. The number of ether oxygens (including phenoxy) is 1. The van der Waals surface area contributed by atoms with Gasteiger partial charge < -0.3 is 15.2 Å². The topological polar surface area (TPSA) is 75.6 Å². The van der Waals surface area contributed by atoms with E-state index in [1.807, 2.05) is 0 Å². The first-order chi connectivity index (χ1) is 9.68. The van der Waals surface area contributed by atoms with Gasteiger partial charge in [0.2, 0.25) is 5.91 Å². The Balaban J connectivity index is 1.63. The molecule has 2 unspecified atom stereocenters. The van der Waals surface area contributed by atoms with Crippen molar-refractivity contribution in [3.05, 3.63) is 0 Å². The van der Waals surface area contributed by atoms with Gasteiger partial charge in [-0.1, -0.05) is 25.7 Å². The lowest BCUT2D eigenvalue weighted by Gasteiger charge is -2.22. The largest absolute Gasteiger partial charge is 0.481 e. The molecule has 2 N–H and O–H groups in total. The fourth-order valence-electron chi connectivity index (χ4n) is 3.33. The zero-order valence-electron chi connectivity index (χ0n) is 12.0. The highest BCUT2D eigenvalue weighted by molar-refractivity contribution is 5.85. The number of nitrogens with one attached hydrogen (secondary N) is 1. The molecule has 2 atom stereocenters. The summed E-state index contributed by atoms with van der Waals surface area (Å²) in [4.78, 5) is 23.0. The fourth-order valence-corrected chi connectivity index (χ4v) is 3.33. The van der Waals surface area contributed by atoms with E-state index in [1.54, 1.807) is 0 Å². The van der Waals surface area contributed by atoms with Crippen molar-refractivity contribution >= 4 is 11.9 Å². The molecule has 1 amide bonds. The van der Waals surface area contributed by atoms with Crippen molar-refractivity contribution in [2.24, 2.45) is 11.8 Å². The first-order valence-corrected chi connectivity index (χ1v) is 7.80. The van der Waals surface area contributed by atoms with Crippen molar-refractivity contribution in [1.29, 1.82) is 0 Å². The van der Waals surface area contributed by atoms with Crippen LogP contribution in [0.25, 0.3) is 0 Å². The van der Waals surface area contributed by atoms with Crippen LogP contribution in [0.1, 0.15) is 51.4 Å². The Hall–Kier alpha value is -1.10. The number of hydrogen-bond acceptors (Lipinski definition) is 3. The third-order valence-electron chi connectivity index (χ3n) is 4.48. The Morgan fingerprint density at radius 1 is 1.00 bits per heavy atom. The second-order valence-corrected chi connectivity index (χ2v) is 5.90. The molecule has 0 saturated heterocycles. The fraction of sp³-hybridized carbons (Fsp3) is 0.867. The molecule has 2 rings (SSSR count). The lowest BCUT2D eigenvalue weighted by molar-refractivity contribution is -0.146. The summed E-state index contributed by atoms with van der Waals surface area (Å²) in [7, 11) is 0. The van der Waals surface area contributed by atoms with Crippen molar-refractivity contribution < 1.29 is 19.4 Å². The van der Waals surface area contributed by atoms with E-state index in [9.17, 15) is 9.59 Å². The summed E-state index contributed by atoms with van der Waals surface area (Å²) in [5.74, 6) is -1.83. The predicted octanol–water partition coefficient (Wildman–Crippen LogP) is 1.95. The Labute approximate surface area is 120 Å². The number of carbonyl (C=O) groups is 2. The maximum absolute atomic E-state index is 12.0. The quantitative estimate of drug-likeness (QED) is 0.731. The summed E-state index contributed by atoms with van der Waals surface area (Å²) in [5.41, 5.74) is 0. The van der Waals surface area contributed by atoms with Crippen LogP contribution in [0, 0.1) is 11.8 Å². The van der Waals surface area contributed by atoms with Crippen molar-refractivity contribution in [1.82, 2.24) is 5.32 Å². The third kappa shape index (κ3) is 4.20. The smallest absolute Gasteiger partial charge is 0.307 e. The van der Waals surface area contributed by atoms with E-state index in [2.05, 4.69) is 5.32 Å². The number of carbonyl (C=O) groups excluding carboxylic acids is 1. The molecule has 0 radical (unpaired) electrons. The predicted molar refractivity (Wildman–Crippen MR) is 74.3 cm³/mol. The maximum atomic E-state index is 12.0. The zero-order valence-corrected chi connectivity index (χ0v) is 12.0.